The summed E-state index contributed by atoms with van der Waals surface area (Å²) in [5, 5.41) is 15.2. The van der Waals surface area contributed by atoms with Crippen LogP contribution in [0.5, 0.6) is 0 Å². The number of methoxy groups -OCH3 is 1. The molecule has 2 fully saturated rings. The van der Waals surface area contributed by atoms with Crippen molar-refractivity contribution in [3.8, 4) is 6.07 Å². The first-order chi connectivity index (χ1) is 18.7. The molecule has 0 spiro atoms. The van der Waals surface area contributed by atoms with Crippen LogP contribution in [-0.4, -0.2) is 42.6 Å². The highest BCUT2D eigenvalue weighted by Crippen LogP contribution is 2.56. The quantitative estimate of drug-likeness (QED) is 0.403. The number of nitrogens with one attached hydrogen (secondary N) is 2. The van der Waals surface area contributed by atoms with Crippen molar-refractivity contribution >= 4 is 34.9 Å². The van der Waals surface area contributed by atoms with Gasteiger partial charge in [-0.2, -0.15) is 5.26 Å². The van der Waals surface area contributed by atoms with Gasteiger partial charge in [-0.25, -0.2) is 9.18 Å². The molecule has 2 unspecified atom stereocenters. The van der Waals surface area contributed by atoms with Crippen molar-refractivity contribution < 1.29 is 18.7 Å². The number of anilines is 2. The van der Waals surface area contributed by atoms with E-state index in [1.807, 2.05) is 6.07 Å². The number of rotatable bonds is 6. The van der Waals surface area contributed by atoms with Crippen LogP contribution in [0.4, 0.5) is 20.6 Å². The van der Waals surface area contributed by atoms with Crippen molar-refractivity contribution in [2.24, 2.45) is 5.73 Å². The van der Waals surface area contributed by atoms with E-state index in [-0.39, 0.29) is 30.7 Å². The number of hydrogen-bond acceptors (Lipinski definition) is 5. The van der Waals surface area contributed by atoms with Gasteiger partial charge in [-0.3, -0.25) is 4.79 Å². The van der Waals surface area contributed by atoms with Gasteiger partial charge < -0.3 is 26.0 Å². The predicted molar refractivity (Wildman–Crippen MR) is 146 cm³/mol. The predicted octanol–water partition coefficient (Wildman–Crippen LogP) is 4.95. The minimum atomic E-state index is -0.867. The zero-order chi connectivity index (χ0) is 27.7. The Labute approximate surface area is 230 Å². The van der Waals surface area contributed by atoms with E-state index in [1.165, 1.54) is 18.1 Å². The first-order valence-corrected chi connectivity index (χ1v) is 12.9. The lowest BCUT2D eigenvalue weighted by Gasteiger charge is -2.24. The molecule has 3 amide bonds. The number of halogens is 2. The van der Waals surface area contributed by atoms with Gasteiger partial charge in [0, 0.05) is 42.2 Å². The molecule has 5 rings (SSSR count). The average molecular weight is 548 g/mol. The molecule has 3 aromatic carbocycles. The van der Waals surface area contributed by atoms with Crippen molar-refractivity contribution in [3.05, 3.63) is 94.3 Å². The highest BCUT2D eigenvalue weighted by molar-refractivity contribution is 6.30. The van der Waals surface area contributed by atoms with Gasteiger partial charge in [0.15, 0.2) is 0 Å². The molecule has 10 heteroatoms. The molecule has 1 heterocycles. The van der Waals surface area contributed by atoms with E-state index in [9.17, 15) is 19.2 Å². The van der Waals surface area contributed by atoms with Gasteiger partial charge in [-0.1, -0.05) is 29.8 Å². The Morgan fingerprint density at radius 2 is 1.92 bits per heavy atom. The summed E-state index contributed by atoms with van der Waals surface area (Å²) in [4.78, 5) is 27.7. The summed E-state index contributed by atoms with van der Waals surface area (Å²) in [6.45, 7) is 0.204. The van der Waals surface area contributed by atoms with Gasteiger partial charge in [0.05, 0.1) is 23.4 Å². The van der Waals surface area contributed by atoms with Crippen LogP contribution < -0.4 is 16.4 Å². The molecule has 1 aliphatic carbocycles. The number of benzene rings is 3. The molecule has 8 nitrogen and oxygen atoms in total. The highest BCUT2D eigenvalue weighted by Gasteiger charge is 2.53. The van der Waals surface area contributed by atoms with E-state index in [1.54, 1.807) is 54.6 Å². The SMILES string of the molecule is CO[C@H]1C[C@@H](C(=O)Nc2cc(C3CC3(N)c3cccc(C#N)c3)ccc2F)N(C(=O)Nc2ccc(Cl)cc2)C1. The van der Waals surface area contributed by atoms with Crippen LogP contribution >= 0.6 is 11.6 Å². The lowest BCUT2D eigenvalue weighted by molar-refractivity contribution is -0.119. The van der Waals surface area contributed by atoms with E-state index < -0.39 is 29.3 Å². The number of likely N-dealkylation sites (tertiary alicyclic amines) is 1. The maximum atomic E-state index is 14.8. The molecular formula is C29H27ClFN5O3. The molecule has 1 saturated heterocycles. The number of nitriles is 1. The Balaban J connectivity index is 1.32. The first-order valence-electron chi connectivity index (χ1n) is 12.5. The normalized spacial score (nSPS) is 23.7. The van der Waals surface area contributed by atoms with E-state index in [0.717, 1.165) is 11.1 Å². The van der Waals surface area contributed by atoms with Crippen LogP contribution in [0.15, 0.2) is 66.7 Å². The smallest absolute Gasteiger partial charge is 0.322 e. The van der Waals surface area contributed by atoms with Gasteiger partial charge in [0.25, 0.3) is 0 Å². The van der Waals surface area contributed by atoms with Crippen LogP contribution in [0.3, 0.4) is 0 Å². The average Bonchev–Trinajstić information content (AvgIpc) is 3.44. The Morgan fingerprint density at radius 1 is 1.15 bits per heavy atom. The van der Waals surface area contributed by atoms with Gasteiger partial charge in [0.1, 0.15) is 11.9 Å². The lowest BCUT2D eigenvalue weighted by atomic mass is 9.97. The number of hydrogen-bond donors (Lipinski definition) is 3. The molecule has 0 aromatic heterocycles. The van der Waals surface area contributed by atoms with Crippen LogP contribution in [0.2, 0.25) is 5.02 Å². The molecule has 200 valence electrons. The molecule has 1 saturated carbocycles. The number of nitrogens with two attached hydrogens (primary N) is 1. The van der Waals surface area contributed by atoms with Gasteiger partial charge in [-0.15, -0.1) is 0 Å². The lowest BCUT2D eigenvalue weighted by Crippen LogP contribution is -2.45. The molecule has 1 aliphatic heterocycles. The number of amides is 3. The standard InChI is InChI=1S/C29H27ClFN5O3/c1-39-22-13-26(36(16-22)28(38)34-21-8-6-20(30)7-9-21)27(37)35-25-12-18(5-10-24(25)31)23-14-29(23,33)19-4-2-3-17(11-19)15-32/h2-12,22-23,26H,13-14,16,33H2,1H3,(H,34,38)(H,35,37)/t22-,23?,26-,29?/m0/s1. The monoisotopic (exact) mass is 547 g/mol. The number of urea groups is 1. The zero-order valence-electron chi connectivity index (χ0n) is 21.2. The van der Waals surface area contributed by atoms with Crippen molar-refractivity contribution in [3.63, 3.8) is 0 Å². The second-order valence-corrected chi connectivity index (χ2v) is 10.4. The minimum Gasteiger partial charge on any atom is -0.380 e. The Hall–Kier alpha value is -3.97. The third-order valence-electron chi connectivity index (χ3n) is 7.44. The summed E-state index contributed by atoms with van der Waals surface area (Å²) in [5.74, 6) is -1.22. The van der Waals surface area contributed by atoms with E-state index in [0.29, 0.717) is 22.7 Å². The summed E-state index contributed by atoms with van der Waals surface area (Å²) in [6, 6.07) is 19.1. The van der Waals surface area contributed by atoms with E-state index >= 15 is 0 Å². The fourth-order valence-electron chi connectivity index (χ4n) is 5.13. The number of nitrogens with zero attached hydrogens (tertiary/aromatic N) is 2. The van der Waals surface area contributed by atoms with Gasteiger partial charge in [0.2, 0.25) is 5.91 Å². The second-order valence-electron chi connectivity index (χ2n) is 9.92. The van der Waals surface area contributed by atoms with Crippen LogP contribution in [0.1, 0.15) is 35.4 Å². The summed E-state index contributed by atoms with van der Waals surface area (Å²) >= 11 is 5.92. The van der Waals surface area contributed by atoms with Crippen molar-refractivity contribution in [2.45, 2.75) is 36.4 Å². The fraction of sp³-hybridized carbons (Fsp3) is 0.276. The van der Waals surface area contributed by atoms with Crippen molar-refractivity contribution in [1.82, 2.24) is 4.90 Å². The second kappa shape index (κ2) is 10.7. The highest BCUT2D eigenvalue weighted by atomic mass is 35.5. The van der Waals surface area contributed by atoms with E-state index in [2.05, 4.69) is 16.7 Å². The topological polar surface area (TPSA) is 120 Å². The van der Waals surface area contributed by atoms with E-state index in [4.69, 9.17) is 22.1 Å². The molecule has 2 aliphatic rings. The molecular weight excluding hydrogens is 521 g/mol. The number of ether oxygens (including phenoxy) is 1. The summed E-state index contributed by atoms with van der Waals surface area (Å²) < 4.78 is 20.2. The fourth-order valence-corrected chi connectivity index (χ4v) is 5.26. The minimum absolute atomic E-state index is 0.0106. The van der Waals surface area contributed by atoms with Crippen LogP contribution in [0, 0.1) is 17.1 Å². The molecule has 4 atom stereocenters. The first kappa shape index (κ1) is 26.6. The Kier molecular flexibility index (Phi) is 7.28. The molecule has 3 aromatic rings. The summed E-state index contributed by atoms with van der Waals surface area (Å²) in [7, 11) is 1.52. The summed E-state index contributed by atoms with van der Waals surface area (Å²) in [6.07, 6.45) is 0.542. The van der Waals surface area contributed by atoms with Crippen molar-refractivity contribution in [1.29, 1.82) is 5.26 Å². The Bertz CT molecular complexity index is 1460. The molecule has 0 radical (unpaired) electrons. The molecule has 4 N–H and O–H groups in total. The maximum absolute atomic E-state index is 14.8. The number of carbonyl (C=O) groups is 2. The summed E-state index contributed by atoms with van der Waals surface area (Å²) in [5.41, 5.74) is 8.63. The van der Waals surface area contributed by atoms with Gasteiger partial charge >= 0.3 is 6.03 Å². The Morgan fingerprint density at radius 3 is 2.64 bits per heavy atom. The largest absolute Gasteiger partial charge is 0.380 e. The third-order valence-corrected chi connectivity index (χ3v) is 7.69. The molecule has 39 heavy (non-hydrogen) atoms. The van der Waals surface area contributed by atoms with Crippen LogP contribution in [0.25, 0.3) is 0 Å². The van der Waals surface area contributed by atoms with Gasteiger partial charge in [-0.05, 0) is 66.1 Å². The molecule has 0 bridgehead atoms. The van der Waals surface area contributed by atoms with Crippen molar-refractivity contribution in [2.75, 3.05) is 24.3 Å². The third kappa shape index (κ3) is 5.45. The number of carbonyl (C=O) groups excluding carboxylic acids is 2. The van der Waals surface area contributed by atoms with Crippen LogP contribution in [-0.2, 0) is 15.1 Å². The maximum Gasteiger partial charge on any atom is 0.322 e. The zero-order valence-corrected chi connectivity index (χ0v) is 21.9.